The van der Waals surface area contributed by atoms with Gasteiger partial charge in [0.15, 0.2) is 0 Å². The fourth-order valence-corrected chi connectivity index (χ4v) is 2.49. The van der Waals surface area contributed by atoms with Crippen LogP contribution in [-0.4, -0.2) is 31.4 Å². The minimum Gasteiger partial charge on any atom is -0.359 e. The number of fused-ring (bicyclic) bond motifs is 1. The first-order chi connectivity index (χ1) is 9.94. The van der Waals surface area contributed by atoms with Crippen molar-refractivity contribution in [2.75, 3.05) is 13.6 Å². The fourth-order valence-electron chi connectivity index (χ4n) is 2.49. The lowest BCUT2D eigenvalue weighted by molar-refractivity contribution is -0.129. The standard InChI is InChI=1S/C16H23N3O2.ClH/c1-16(2,15(21)17-3)10-19-14(20)13-8-11-6-4-5-7-12(11)9-18-13;/h4-7,13,18H,8-10H2,1-3H3,(H,17,21)(H,19,20);1H. The van der Waals surface area contributed by atoms with Crippen LogP contribution in [0.2, 0.25) is 0 Å². The summed E-state index contributed by atoms with van der Waals surface area (Å²) in [5.41, 5.74) is 1.84. The molecule has 6 heteroatoms. The molecule has 1 aliphatic heterocycles. The molecule has 1 unspecified atom stereocenters. The molecule has 0 saturated heterocycles. The molecule has 3 N–H and O–H groups in total. The molecule has 1 aliphatic rings. The molecule has 1 heterocycles. The average molecular weight is 326 g/mol. The van der Waals surface area contributed by atoms with Crippen LogP contribution in [0.3, 0.4) is 0 Å². The van der Waals surface area contributed by atoms with Gasteiger partial charge in [0.05, 0.1) is 11.5 Å². The van der Waals surface area contributed by atoms with Crippen LogP contribution < -0.4 is 16.0 Å². The lowest BCUT2D eigenvalue weighted by Gasteiger charge is -2.28. The van der Waals surface area contributed by atoms with E-state index in [4.69, 9.17) is 0 Å². The van der Waals surface area contributed by atoms with E-state index >= 15 is 0 Å². The molecule has 0 spiro atoms. The largest absolute Gasteiger partial charge is 0.359 e. The molecule has 22 heavy (non-hydrogen) atoms. The van der Waals surface area contributed by atoms with Crippen molar-refractivity contribution in [2.24, 2.45) is 5.41 Å². The summed E-state index contributed by atoms with van der Waals surface area (Å²) in [6.07, 6.45) is 0.683. The van der Waals surface area contributed by atoms with E-state index in [9.17, 15) is 9.59 Å². The minimum atomic E-state index is -0.614. The maximum absolute atomic E-state index is 12.3. The van der Waals surface area contributed by atoms with Gasteiger partial charge in [-0.05, 0) is 31.4 Å². The van der Waals surface area contributed by atoms with E-state index in [-0.39, 0.29) is 30.3 Å². The van der Waals surface area contributed by atoms with E-state index in [1.165, 1.54) is 11.1 Å². The smallest absolute Gasteiger partial charge is 0.237 e. The Morgan fingerprint density at radius 2 is 1.91 bits per heavy atom. The Morgan fingerprint density at radius 1 is 1.27 bits per heavy atom. The monoisotopic (exact) mass is 325 g/mol. The van der Waals surface area contributed by atoms with Crippen molar-refractivity contribution in [3.05, 3.63) is 35.4 Å². The van der Waals surface area contributed by atoms with Gasteiger partial charge >= 0.3 is 0 Å². The lowest BCUT2D eigenvalue weighted by atomic mass is 9.91. The summed E-state index contributed by atoms with van der Waals surface area (Å²) in [5.74, 6) is -0.133. The number of hydrogen-bond acceptors (Lipinski definition) is 3. The van der Waals surface area contributed by atoms with E-state index in [0.29, 0.717) is 19.5 Å². The molecule has 2 amide bonds. The zero-order chi connectivity index (χ0) is 15.5. The fraction of sp³-hybridized carbons (Fsp3) is 0.500. The van der Waals surface area contributed by atoms with E-state index in [1.807, 2.05) is 26.0 Å². The summed E-state index contributed by atoms with van der Waals surface area (Å²) in [6, 6.07) is 7.90. The van der Waals surface area contributed by atoms with Crippen LogP contribution in [0.4, 0.5) is 0 Å². The first-order valence-corrected chi connectivity index (χ1v) is 7.24. The third-order valence-electron chi connectivity index (χ3n) is 3.94. The molecule has 0 bridgehead atoms. The van der Waals surface area contributed by atoms with E-state index in [1.54, 1.807) is 7.05 Å². The maximum atomic E-state index is 12.3. The molecule has 1 aromatic carbocycles. The van der Waals surface area contributed by atoms with Gasteiger partial charge in [0.25, 0.3) is 0 Å². The van der Waals surface area contributed by atoms with Crippen LogP contribution in [0.15, 0.2) is 24.3 Å². The summed E-state index contributed by atoms with van der Waals surface area (Å²) in [4.78, 5) is 24.0. The second-order valence-electron chi connectivity index (χ2n) is 6.09. The van der Waals surface area contributed by atoms with Gasteiger partial charge in [0, 0.05) is 20.1 Å². The molecule has 122 valence electrons. The topological polar surface area (TPSA) is 70.2 Å². The van der Waals surface area contributed by atoms with Gasteiger partial charge in [-0.3, -0.25) is 9.59 Å². The Bertz CT molecular complexity index is 546. The zero-order valence-electron chi connectivity index (χ0n) is 13.2. The summed E-state index contributed by atoms with van der Waals surface area (Å²) < 4.78 is 0. The maximum Gasteiger partial charge on any atom is 0.237 e. The lowest BCUT2D eigenvalue weighted by Crippen LogP contribution is -2.51. The SMILES string of the molecule is CNC(=O)C(C)(C)CNC(=O)C1Cc2ccccc2CN1.Cl. The predicted octanol–water partition coefficient (Wildman–Crippen LogP) is 1.01. The Kier molecular flexibility index (Phi) is 6.38. The van der Waals surface area contributed by atoms with Gasteiger partial charge in [-0.25, -0.2) is 0 Å². The highest BCUT2D eigenvalue weighted by molar-refractivity contribution is 5.85. The van der Waals surface area contributed by atoms with E-state index in [0.717, 1.165) is 0 Å². The van der Waals surface area contributed by atoms with Crippen molar-refractivity contribution in [1.29, 1.82) is 0 Å². The summed E-state index contributed by atoms with van der Waals surface area (Å²) in [6.45, 7) is 4.66. The molecule has 1 atom stereocenters. The van der Waals surface area contributed by atoms with Crippen LogP contribution in [-0.2, 0) is 22.6 Å². The molecule has 1 aromatic rings. The highest BCUT2D eigenvalue weighted by atomic mass is 35.5. The van der Waals surface area contributed by atoms with Crippen molar-refractivity contribution in [3.8, 4) is 0 Å². The molecule has 0 fully saturated rings. The number of carbonyl (C=O) groups excluding carboxylic acids is 2. The molecule has 0 saturated carbocycles. The number of halogens is 1. The average Bonchev–Trinajstić information content (AvgIpc) is 2.51. The summed E-state index contributed by atoms with van der Waals surface area (Å²) in [7, 11) is 1.60. The molecular weight excluding hydrogens is 302 g/mol. The van der Waals surface area contributed by atoms with Gasteiger partial charge in [0.2, 0.25) is 11.8 Å². The number of amides is 2. The molecule has 0 aliphatic carbocycles. The summed E-state index contributed by atoms with van der Waals surface area (Å²) in [5, 5.41) is 8.73. The number of nitrogens with one attached hydrogen (secondary N) is 3. The van der Waals surface area contributed by atoms with Crippen LogP contribution >= 0.6 is 12.4 Å². The van der Waals surface area contributed by atoms with E-state index < -0.39 is 5.41 Å². The molecule has 0 radical (unpaired) electrons. The molecule has 5 nitrogen and oxygen atoms in total. The van der Waals surface area contributed by atoms with Crippen molar-refractivity contribution in [2.45, 2.75) is 32.9 Å². The number of hydrogen-bond donors (Lipinski definition) is 3. The second kappa shape index (κ2) is 7.61. The number of benzene rings is 1. The van der Waals surface area contributed by atoms with Crippen molar-refractivity contribution in [1.82, 2.24) is 16.0 Å². The Labute approximate surface area is 137 Å². The third-order valence-corrected chi connectivity index (χ3v) is 3.94. The second-order valence-corrected chi connectivity index (χ2v) is 6.09. The quantitative estimate of drug-likeness (QED) is 0.774. The van der Waals surface area contributed by atoms with Crippen LogP contribution in [0.1, 0.15) is 25.0 Å². The zero-order valence-corrected chi connectivity index (χ0v) is 14.0. The Balaban J connectivity index is 0.00000242. The van der Waals surface area contributed by atoms with Crippen molar-refractivity contribution >= 4 is 24.2 Å². The number of carbonyl (C=O) groups is 2. The summed E-state index contributed by atoms with van der Waals surface area (Å²) >= 11 is 0. The normalized spacial score (nSPS) is 17.0. The molecule has 0 aromatic heterocycles. The Morgan fingerprint density at radius 3 is 2.55 bits per heavy atom. The van der Waals surface area contributed by atoms with Crippen LogP contribution in [0, 0.1) is 5.41 Å². The number of rotatable bonds is 4. The van der Waals surface area contributed by atoms with Gasteiger partial charge in [-0.15, -0.1) is 12.4 Å². The first kappa shape index (κ1) is 18.5. The Hall–Kier alpha value is -1.59. The van der Waals surface area contributed by atoms with Gasteiger partial charge < -0.3 is 16.0 Å². The van der Waals surface area contributed by atoms with Crippen LogP contribution in [0.25, 0.3) is 0 Å². The van der Waals surface area contributed by atoms with E-state index in [2.05, 4.69) is 28.1 Å². The molecule has 2 rings (SSSR count). The highest BCUT2D eigenvalue weighted by Crippen LogP contribution is 2.17. The minimum absolute atomic E-state index is 0. The van der Waals surface area contributed by atoms with Gasteiger partial charge in [-0.2, -0.15) is 0 Å². The van der Waals surface area contributed by atoms with Crippen molar-refractivity contribution in [3.63, 3.8) is 0 Å². The first-order valence-electron chi connectivity index (χ1n) is 7.24. The highest BCUT2D eigenvalue weighted by Gasteiger charge is 2.29. The van der Waals surface area contributed by atoms with Gasteiger partial charge in [0.1, 0.15) is 0 Å². The predicted molar refractivity (Wildman–Crippen MR) is 88.9 cm³/mol. The van der Waals surface area contributed by atoms with Crippen molar-refractivity contribution < 1.29 is 9.59 Å². The third kappa shape index (κ3) is 4.21. The van der Waals surface area contributed by atoms with Gasteiger partial charge in [-0.1, -0.05) is 24.3 Å². The van der Waals surface area contributed by atoms with Crippen LogP contribution in [0.5, 0.6) is 0 Å². The molecular formula is C16H24ClN3O2.